The van der Waals surface area contributed by atoms with Crippen LogP contribution in [-0.4, -0.2) is 35.7 Å². The minimum absolute atomic E-state index is 0.00818. The fourth-order valence-electron chi connectivity index (χ4n) is 4.46. The lowest BCUT2D eigenvalue weighted by atomic mass is 10.1. The Morgan fingerprint density at radius 1 is 0.879 bits per heavy atom. The van der Waals surface area contributed by atoms with Crippen molar-refractivity contribution in [2.45, 2.75) is 32.2 Å². The van der Waals surface area contributed by atoms with Crippen LogP contribution in [0.1, 0.15) is 39.2 Å². The molecule has 3 amide bonds. The Labute approximate surface area is 196 Å². The van der Waals surface area contributed by atoms with E-state index in [0.29, 0.717) is 30.9 Å². The first-order chi connectivity index (χ1) is 16.1. The highest BCUT2D eigenvalue weighted by molar-refractivity contribution is 7.10. The first kappa shape index (κ1) is 21.4. The van der Waals surface area contributed by atoms with Gasteiger partial charge in [-0.3, -0.25) is 14.4 Å². The van der Waals surface area contributed by atoms with Crippen molar-refractivity contribution in [2.24, 2.45) is 0 Å². The van der Waals surface area contributed by atoms with Crippen molar-refractivity contribution >= 4 is 40.4 Å². The monoisotopic (exact) mass is 459 g/mol. The van der Waals surface area contributed by atoms with Crippen LogP contribution in [0.3, 0.4) is 0 Å². The molecular formula is C26H25N3O3S. The molecule has 2 aromatic carbocycles. The Balaban J connectivity index is 1.13. The molecule has 0 spiro atoms. The molecule has 1 aromatic heterocycles. The van der Waals surface area contributed by atoms with Crippen LogP contribution >= 0.6 is 11.3 Å². The Bertz CT molecular complexity index is 1200. The van der Waals surface area contributed by atoms with Gasteiger partial charge in [0.05, 0.1) is 0 Å². The Morgan fingerprint density at radius 3 is 2.55 bits per heavy atom. The number of amides is 3. The molecule has 0 saturated heterocycles. The first-order valence-corrected chi connectivity index (χ1v) is 12.1. The maximum atomic E-state index is 12.9. The lowest BCUT2D eigenvalue weighted by Crippen LogP contribution is -2.35. The molecule has 7 heteroatoms. The predicted molar refractivity (Wildman–Crippen MR) is 130 cm³/mol. The third-order valence-electron chi connectivity index (χ3n) is 6.27. The third kappa shape index (κ3) is 4.54. The van der Waals surface area contributed by atoms with Crippen molar-refractivity contribution in [3.8, 4) is 0 Å². The molecule has 0 bridgehead atoms. The van der Waals surface area contributed by atoms with Crippen LogP contribution in [0.5, 0.6) is 0 Å². The Hall–Kier alpha value is -3.45. The van der Waals surface area contributed by atoms with Gasteiger partial charge in [0.25, 0.3) is 5.91 Å². The fourth-order valence-corrected chi connectivity index (χ4v) is 5.35. The summed E-state index contributed by atoms with van der Waals surface area (Å²) in [5.41, 5.74) is 4.57. The summed E-state index contributed by atoms with van der Waals surface area (Å²) in [6, 6.07) is 17.0. The molecule has 5 rings (SSSR count). The lowest BCUT2D eigenvalue weighted by molar-refractivity contribution is -0.133. The van der Waals surface area contributed by atoms with E-state index in [4.69, 9.17) is 0 Å². The fraction of sp³-hybridized carbons (Fsp3) is 0.269. The number of para-hydroxylation sites is 1. The van der Waals surface area contributed by atoms with Gasteiger partial charge in [-0.25, -0.2) is 0 Å². The molecule has 0 unspecified atom stereocenters. The zero-order valence-electron chi connectivity index (χ0n) is 18.3. The van der Waals surface area contributed by atoms with Crippen LogP contribution in [0.2, 0.25) is 0 Å². The molecule has 0 saturated carbocycles. The maximum Gasteiger partial charge on any atom is 0.258 e. The van der Waals surface area contributed by atoms with E-state index in [1.165, 1.54) is 16.0 Å². The normalized spacial score (nSPS) is 14.5. The number of benzene rings is 2. The summed E-state index contributed by atoms with van der Waals surface area (Å²) in [5, 5.41) is 4.89. The standard InChI is InChI=1S/C26H25N3O3S/c30-24(9-10-25(31)28-14-12-23-20(17-28)13-16-33-23)27-21-7-5-19(6-8-21)26(32)29-15-11-18-3-1-2-4-22(18)29/h1-8,13,16H,9-12,14-15,17H2,(H,27,30). The van der Waals surface area contributed by atoms with Crippen LogP contribution in [0.4, 0.5) is 11.4 Å². The number of nitrogens with zero attached hydrogens (tertiary/aromatic N) is 2. The molecule has 0 atom stereocenters. The second-order valence-electron chi connectivity index (χ2n) is 8.40. The molecule has 3 aromatic rings. The van der Waals surface area contributed by atoms with E-state index < -0.39 is 0 Å². The van der Waals surface area contributed by atoms with E-state index >= 15 is 0 Å². The zero-order valence-corrected chi connectivity index (χ0v) is 19.1. The molecule has 168 valence electrons. The quantitative estimate of drug-likeness (QED) is 0.620. The van der Waals surface area contributed by atoms with Crippen molar-refractivity contribution < 1.29 is 14.4 Å². The number of rotatable bonds is 5. The van der Waals surface area contributed by atoms with E-state index in [-0.39, 0.29) is 30.6 Å². The molecule has 2 aliphatic heterocycles. The number of thiophene rings is 1. The first-order valence-electron chi connectivity index (χ1n) is 11.2. The molecule has 2 aliphatic rings. The topological polar surface area (TPSA) is 69.7 Å². The minimum Gasteiger partial charge on any atom is -0.338 e. The summed E-state index contributed by atoms with van der Waals surface area (Å²) in [4.78, 5) is 42.8. The second-order valence-corrected chi connectivity index (χ2v) is 9.40. The van der Waals surface area contributed by atoms with Crippen molar-refractivity contribution in [1.29, 1.82) is 0 Å². The molecular weight excluding hydrogens is 434 g/mol. The van der Waals surface area contributed by atoms with E-state index in [0.717, 1.165) is 18.5 Å². The van der Waals surface area contributed by atoms with Crippen molar-refractivity contribution in [1.82, 2.24) is 4.90 Å². The molecule has 0 radical (unpaired) electrons. The lowest BCUT2D eigenvalue weighted by Gasteiger charge is -2.27. The highest BCUT2D eigenvalue weighted by atomic mass is 32.1. The summed E-state index contributed by atoms with van der Waals surface area (Å²) in [5.74, 6) is -0.239. The van der Waals surface area contributed by atoms with Gasteiger partial charge in [-0.05, 0) is 65.7 Å². The van der Waals surface area contributed by atoms with E-state index in [1.54, 1.807) is 40.5 Å². The van der Waals surface area contributed by atoms with Crippen molar-refractivity contribution in [2.75, 3.05) is 23.3 Å². The Kier molecular flexibility index (Phi) is 5.96. The minimum atomic E-state index is -0.205. The maximum absolute atomic E-state index is 12.9. The van der Waals surface area contributed by atoms with Crippen molar-refractivity contribution in [3.63, 3.8) is 0 Å². The highest BCUT2D eigenvalue weighted by Gasteiger charge is 2.25. The number of hydrogen-bond donors (Lipinski definition) is 1. The summed E-state index contributed by atoms with van der Waals surface area (Å²) >= 11 is 1.74. The van der Waals surface area contributed by atoms with Gasteiger partial charge in [0.15, 0.2) is 0 Å². The van der Waals surface area contributed by atoms with E-state index in [1.807, 2.05) is 23.1 Å². The summed E-state index contributed by atoms with van der Waals surface area (Å²) in [6.45, 7) is 2.02. The number of hydrogen-bond acceptors (Lipinski definition) is 4. The number of anilines is 2. The van der Waals surface area contributed by atoms with Gasteiger partial charge in [-0.2, -0.15) is 0 Å². The SMILES string of the molecule is O=C(CCC(=O)N1CCc2sccc2C1)Nc1ccc(C(=O)N2CCc3ccccc32)cc1. The number of carbonyl (C=O) groups is 3. The van der Waals surface area contributed by atoms with Crippen LogP contribution < -0.4 is 10.2 Å². The largest absolute Gasteiger partial charge is 0.338 e. The van der Waals surface area contributed by atoms with Crippen LogP contribution in [-0.2, 0) is 29.0 Å². The van der Waals surface area contributed by atoms with Gasteiger partial charge >= 0.3 is 0 Å². The highest BCUT2D eigenvalue weighted by Crippen LogP contribution is 2.29. The summed E-state index contributed by atoms with van der Waals surface area (Å²) in [7, 11) is 0. The van der Waals surface area contributed by atoms with Gasteiger partial charge < -0.3 is 15.1 Å². The van der Waals surface area contributed by atoms with Crippen LogP contribution in [0.25, 0.3) is 0 Å². The smallest absolute Gasteiger partial charge is 0.258 e. The molecule has 33 heavy (non-hydrogen) atoms. The second kappa shape index (κ2) is 9.19. The van der Waals surface area contributed by atoms with Gasteiger partial charge in [-0.15, -0.1) is 11.3 Å². The molecule has 6 nitrogen and oxygen atoms in total. The number of carbonyl (C=O) groups excluding carboxylic acids is 3. The summed E-state index contributed by atoms with van der Waals surface area (Å²) < 4.78 is 0. The molecule has 0 fully saturated rings. The van der Waals surface area contributed by atoms with Gasteiger partial charge in [0.1, 0.15) is 0 Å². The molecule has 3 heterocycles. The molecule has 1 N–H and O–H groups in total. The number of fused-ring (bicyclic) bond motifs is 2. The van der Waals surface area contributed by atoms with Gasteiger partial charge in [0, 0.05) is 54.3 Å². The predicted octanol–water partition coefficient (Wildman–Crippen LogP) is 4.25. The Morgan fingerprint density at radius 2 is 1.70 bits per heavy atom. The number of nitrogens with one attached hydrogen (secondary N) is 1. The van der Waals surface area contributed by atoms with Crippen LogP contribution in [0, 0.1) is 0 Å². The van der Waals surface area contributed by atoms with E-state index in [2.05, 4.69) is 22.8 Å². The van der Waals surface area contributed by atoms with Gasteiger partial charge in [0.2, 0.25) is 11.8 Å². The van der Waals surface area contributed by atoms with E-state index in [9.17, 15) is 14.4 Å². The zero-order chi connectivity index (χ0) is 22.8. The van der Waals surface area contributed by atoms with Crippen molar-refractivity contribution in [3.05, 3.63) is 81.5 Å². The van der Waals surface area contributed by atoms with Crippen LogP contribution in [0.15, 0.2) is 60.0 Å². The summed E-state index contributed by atoms with van der Waals surface area (Å²) in [6.07, 6.45) is 2.08. The average Bonchev–Trinajstić information content (AvgIpc) is 3.49. The van der Waals surface area contributed by atoms with Gasteiger partial charge in [-0.1, -0.05) is 18.2 Å². The average molecular weight is 460 g/mol. The molecule has 0 aliphatic carbocycles. The third-order valence-corrected chi connectivity index (χ3v) is 7.30.